The molecule has 1 aromatic rings. The van der Waals surface area contributed by atoms with Crippen LogP contribution < -0.4 is 10.1 Å². The van der Waals surface area contributed by atoms with Gasteiger partial charge in [-0.05, 0) is 40.8 Å². The maximum absolute atomic E-state index is 12.2. The van der Waals surface area contributed by atoms with Gasteiger partial charge in [0.2, 0.25) is 0 Å². The maximum Gasteiger partial charge on any atom is 0.573 e. The summed E-state index contributed by atoms with van der Waals surface area (Å²) in [6.45, 7) is 0. The van der Waals surface area contributed by atoms with Crippen LogP contribution in [0.25, 0.3) is 0 Å². The lowest BCUT2D eigenvalue weighted by Crippen LogP contribution is -2.18. The molecule has 0 fully saturated rings. The number of nitrogens with one attached hydrogen (secondary N) is 1. The maximum atomic E-state index is 12.2. The van der Waals surface area contributed by atoms with Gasteiger partial charge in [0.05, 0.1) is 5.69 Å². The van der Waals surface area contributed by atoms with Crippen molar-refractivity contribution in [1.82, 2.24) is 0 Å². The third-order valence-corrected chi connectivity index (χ3v) is 2.45. The van der Waals surface area contributed by atoms with Crippen molar-refractivity contribution >= 4 is 28.3 Å². The van der Waals surface area contributed by atoms with Crippen LogP contribution in [0.1, 0.15) is 0 Å². The van der Waals surface area contributed by atoms with Crippen molar-refractivity contribution in [1.29, 1.82) is 10.5 Å². The number of hydrogen-bond acceptors (Lipinski definition) is 4. The van der Waals surface area contributed by atoms with E-state index in [0.29, 0.717) is 3.57 Å². The van der Waals surface area contributed by atoms with Gasteiger partial charge in [0.1, 0.15) is 17.7 Å². The van der Waals surface area contributed by atoms with Gasteiger partial charge in [0.25, 0.3) is 0 Å². The van der Waals surface area contributed by atoms with E-state index in [2.05, 4.69) is 10.1 Å². The van der Waals surface area contributed by atoms with Crippen molar-refractivity contribution in [3.63, 3.8) is 0 Å². The molecule has 0 saturated carbocycles. The predicted octanol–water partition coefficient (Wildman–Crippen LogP) is 3.53. The lowest BCUT2D eigenvalue weighted by molar-refractivity contribution is -0.274. The van der Waals surface area contributed by atoms with Crippen LogP contribution in [0, 0.1) is 26.2 Å². The largest absolute Gasteiger partial charge is 0.573 e. The summed E-state index contributed by atoms with van der Waals surface area (Å²) in [6, 6.07) is 7.24. The van der Waals surface area contributed by atoms with E-state index in [0.717, 1.165) is 6.20 Å². The van der Waals surface area contributed by atoms with Crippen molar-refractivity contribution in [3.05, 3.63) is 33.5 Å². The molecule has 0 aliphatic carbocycles. The van der Waals surface area contributed by atoms with Gasteiger partial charge in [0.15, 0.2) is 5.75 Å². The highest BCUT2D eigenvalue weighted by molar-refractivity contribution is 14.1. The number of hydrogen-bond donors (Lipinski definition) is 1. The Bertz CT molecular complexity index is 568. The van der Waals surface area contributed by atoms with Gasteiger partial charge in [0, 0.05) is 9.77 Å². The minimum Gasteiger partial charge on any atom is -0.404 e. The molecule has 1 aromatic carbocycles. The van der Waals surface area contributed by atoms with Crippen LogP contribution in [0.2, 0.25) is 0 Å². The van der Waals surface area contributed by atoms with Gasteiger partial charge in [-0.15, -0.1) is 13.2 Å². The first-order chi connectivity index (χ1) is 8.85. The molecule has 0 spiro atoms. The number of ether oxygens (including phenoxy) is 1. The van der Waals surface area contributed by atoms with Gasteiger partial charge in [-0.3, -0.25) is 0 Å². The fourth-order valence-corrected chi connectivity index (χ4v) is 1.53. The monoisotopic (exact) mass is 379 g/mol. The van der Waals surface area contributed by atoms with Gasteiger partial charge in [-0.1, -0.05) is 0 Å². The second kappa shape index (κ2) is 6.29. The van der Waals surface area contributed by atoms with Crippen LogP contribution in [-0.4, -0.2) is 6.36 Å². The van der Waals surface area contributed by atoms with Crippen LogP contribution in [0.4, 0.5) is 18.9 Å². The number of benzene rings is 1. The smallest absolute Gasteiger partial charge is 0.404 e. The number of halogens is 4. The summed E-state index contributed by atoms with van der Waals surface area (Å²) in [7, 11) is 0. The summed E-state index contributed by atoms with van der Waals surface area (Å²) >= 11 is 1.83. The van der Waals surface area contributed by atoms with Crippen molar-refractivity contribution in [2.75, 3.05) is 5.32 Å². The fraction of sp³-hybridized carbons (Fsp3) is 0.0909. The standard InChI is InChI=1S/C11H5F3IN3O/c12-11(13,14)19-10-3-8(15)1-2-9(10)18-6-7(4-16)5-17/h1-3,6,18H. The van der Waals surface area contributed by atoms with E-state index in [1.807, 2.05) is 22.6 Å². The normalized spacial score (nSPS) is 10.0. The summed E-state index contributed by atoms with van der Waals surface area (Å²) in [5.41, 5.74) is -0.266. The molecule has 0 atom stereocenters. The second-order valence-electron chi connectivity index (χ2n) is 3.11. The number of allylic oxidation sites excluding steroid dienone is 1. The summed E-state index contributed by atoms with van der Waals surface area (Å²) in [4.78, 5) is 0. The molecule has 19 heavy (non-hydrogen) atoms. The second-order valence-corrected chi connectivity index (χ2v) is 4.36. The predicted molar refractivity (Wildman–Crippen MR) is 68.8 cm³/mol. The Morgan fingerprint density at radius 1 is 1.32 bits per heavy atom. The van der Waals surface area contributed by atoms with Gasteiger partial charge in [-0.2, -0.15) is 10.5 Å². The number of anilines is 1. The van der Waals surface area contributed by atoms with Crippen LogP contribution in [0.15, 0.2) is 30.0 Å². The van der Waals surface area contributed by atoms with Crippen LogP contribution in [0.5, 0.6) is 5.75 Å². The molecule has 0 unspecified atom stereocenters. The molecule has 0 heterocycles. The minimum atomic E-state index is -4.82. The molecule has 1 N–H and O–H groups in total. The highest BCUT2D eigenvalue weighted by atomic mass is 127. The van der Waals surface area contributed by atoms with Gasteiger partial charge < -0.3 is 10.1 Å². The summed E-state index contributed by atoms with van der Waals surface area (Å²) in [6.07, 6.45) is -3.82. The van der Waals surface area contributed by atoms with E-state index < -0.39 is 12.1 Å². The Kier molecular flexibility index (Phi) is 5.01. The molecular weight excluding hydrogens is 374 g/mol. The molecule has 0 aliphatic heterocycles. The minimum absolute atomic E-state index is 0.000686. The van der Waals surface area contributed by atoms with E-state index in [-0.39, 0.29) is 11.3 Å². The first-order valence-electron chi connectivity index (χ1n) is 4.68. The Morgan fingerprint density at radius 3 is 2.47 bits per heavy atom. The zero-order valence-corrected chi connectivity index (χ0v) is 11.3. The highest BCUT2D eigenvalue weighted by Crippen LogP contribution is 2.31. The highest BCUT2D eigenvalue weighted by Gasteiger charge is 2.32. The zero-order chi connectivity index (χ0) is 14.5. The topological polar surface area (TPSA) is 68.8 Å². The Morgan fingerprint density at radius 2 is 1.95 bits per heavy atom. The Hall–Kier alpha value is -1.94. The molecule has 98 valence electrons. The molecule has 1 rings (SSSR count). The molecule has 0 amide bonds. The molecule has 0 radical (unpaired) electrons. The average molecular weight is 379 g/mol. The molecule has 0 bridgehead atoms. The van der Waals surface area contributed by atoms with Gasteiger partial charge >= 0.3 is 6.36 Å². The van der Waals surface area contributed by atoms with Crippen LogP contribution in [-0.2, 0) is 0 Å². The number of nitrogens with zero attached hydrogens (tertiary/aromatic N) is 2. The molecular formula is C11H5F3IN3O. The number of rotatable bonds is 3. The summed E-state index contributed by atoms with van der Waals surface area (Å²) < 4.78 is 41.0. The lowest BCUT2D eigenvalue weighted by atomic mass is 10.3. The first kappa shape index (κ1) is 15.1. The van der Waals surface area contributed by atoms with E-state index >= 15 is 0 Å². The zero-order valence-electron chi connectivity index (χ0n) is 9.12. The fourth-order valence-electron chi connectivity index (χ4n) is 1.06. The van der Waals surface area contributed by atoms with E-state index in [4.69, 9.17) is 10.5 Å². The number of alkyl halides is 3. The van der Waals surface area contributed by atoms with Crippen LogP contribution >= 0.6 is 22.6 Å². The Labute approximate surface area is 120 Å². The van der Waals surface area contributed by atoms with E-state index in [1.165, 1.54) is 12.1 Å². The van der Waals surface area contributed by atoms with Crippen LogP contribution in [0.3, 0.4) is 0 Å². The van der Waals surface area contributed by atoms with Crippen molar-refractivity contribution < 1.29 is 17.9 Å². The molecule has 8 heteroatoms. The lowest BCUT2D eigenvalue weighted by Gasteiger charge is -2.13. The molecule has 0 aliphatic rings. The Balaban J connectivity index is 3.05. The van der Waals surface area contributed by atoms with E-state index in [1.54, 1.807) is 18.2 Å². The first-order valence-corrected chi connectivity index (χ1v) is 5.76. The molecule has 4 nitrogen and oxygen atoms in total. The average Bonchev–Trinajstić information content (AvgIpc) is 2.30. The van der Waals surface area contributed by atoms with E-state index in [9.17, 15) is 13.2 Å². The molecule has 0 aromatic heterocycles. The SMILES string of the molecule is N#CC(C#N)=CNc1ccc(I)cc1OC(F)(F)F. The van der Waals surface area contributed by atoms with Crippen molar-refractivity contribution in [2.45, 2.75) is 6.36 Å². The quantitative estimate of drug-likeness (QED) is 0.645. The van der Waals surface area contributed by atoms with Crippen molar-refractivity contribution in [2.24, 2.45) is 0 Å². The third kappa shape index (κ3) is 5.06. The summed E-state index contributed by atoms with van der Waals surface area (Å²) in [5, 5.41) is 19.5. The van der Waals surface area contributed by atoms with Gasteiger partial charge in [-0.25, -0.2) is 0 Å². The third-order valence-electron chi connectivity index (χ3n) is 1.78. The molecule has 0 saturated heterocycles. The summed E-state index contributed by atoms with van der Waals surface area (Å²) in [5.74, 6) is -0.439. The number of nitriles is 2. The van der Waals surface area contributed by atoms with Crippen molar-refractivity contribution in [3.8, 4) is 17.9 Å².